The molecule has 0 radical (unpaired) electrons. The summed E-state index contributed by atoms with van der Waals surface area (Å²) < 4.78 is 0. The van der Waals surface area contributed by atoms with Crippen LogP contribution in [-0.2, 0) is 0 Å². The molecule has 0 amide bonds. The van der Waals surface area contributed by atoms with Crippen molar-refractivity contribution in [1.82, 2.24) is 0 Å². The predicted octanol–water partition coefficient (Wildman–Crippen LogP) is 3.75. The lowest BCUT2D eigenvalue weighted by Crippen LogP contribution is -2.24. The average Bonchev–Trinajstić information content (AvgIpc) is 2.83. The average molecular weight is 222 g/mol. The highest BCUT2D eigenvalue weighted by Crippen LogP contribution is 2.51. The Morgan fingerprint density at radius 1 is 0.812 bits per heavy atom. The molecule has 0 spiro atoms. The third-order valence-corrected chi connectivity index (χ3v) is 5.61. The fraction of sp³-hybridized carbons (Fsp3) is 1.00. The van der Waals surface area contributed by atoms with Gasteiger partial charge in [-0.05, 0) is 62.2 Å². The second-order valence-corrected chi connectivity index (χ2v) is 6.64. The summed E-state index contributed by atoms with van der Waals surface area (Å²) in [6.45, 7) is 0. The second kappa shape index (κ2) is 4.68. The Morgan fingerprint density at radius 3 is 2.44 bits per heavy atom. The summed E-state index contributed by atoms with van der Waals surface area (Å²) in [5.74, 6) is 3.74. The Morgan fingerprint density at radius 2 is 1.69 bits per heavy atom. The molecule has 5 unspecified atom stereocenters. The molecule has 5 atom stereocenters. The van der Waals surface area contributed by atoms with Gasteiger partial charge in [0.25, 0.3) is 0 Å². The van der Waals surface area contributed by atoms with Crippen LogP contribution in [0.3, 0.4) is 0 Å². The van der Waals surface area contributed by atoms with Crippen LogP contribution in [0, 0.1) is 23.7 Å². The summed E-state index contributed by atoms with van der Waals surface area (Å²) in [6, 6.07) is 0. The Hall–Kier alpha value is -0.0400. The van der Waals surface area contributed by atoms with Crippen LogP contribution in [0.2, 0.25) is 0 Å². The van der Waals surface area contributed by atoms with E-state index in [9.17, 15) is 5.11 Å². The first-order chi connectivity index (χ1) is 7.83. The Balaban J connectivity index is 1.56. The maximum Gasteiger partial charge on any atom is 0.0568 e. The standard InChI is InChI=1S/C15H26O/c16-15-5-3-1-2-4-13(15)10-14-9-11-6-7-12(14)8-11/h11-16H,1-10H2. The lowest BCUT2D eigenvalue weighted by Gasteiger charge is -2.28. The molecule has 1 nitrogen and oxygen atoms in total. The van der Waals surface area contributed by atoms with Crippen LogP contribution in [0.1, 0.15) is 64.2 Å². The van der Waals surface area contributed by atoms with Crippen molar-refractivity contribution < 1.29 is 5.11 Å². The topological polar surface area (TPSA) is 20.2 Å². The minimum atomic E-state index is 0.0293. The molecule has 92 valence electrons. The van der Waals surface area contributed by atoms with E-state index in [-0.39, 0.29) is 6.10 Å². The first-order valence-corrected chi connectivity index (χ1v) is 7.51. The lowest BCUT2D eigenvalue weighted by atomic mass is 9.79. The van der Waals surface area contributed by atoms with Crippen LogP contribution in [0.4, 0.5) is 0 Å². The van der Waals surface area contributed by atoms with Crippen LogP contribution >= 0.6 is 0 Å². The van der Waals surface area contributed by atoms with E-state index in [4.69, 9.17) is 0 Å². The van der Waals surface area contributed by atoms with Gasteiger partial charge >= 0.3 is 0 Å². The van der Waals surface area contributed by atoms with E-state index in [1.807, 2.05) is 0 Å². The summed E-state index contributed by atoms with van der Waals surface area (Å²) in [6.07, 6.45) is 13.7. The summed E-state index contributed by atoms with van der Waals surface area (Å²) in [4.78, 5) is 0. The van der Waals surface area contributed by atoms with Gasteiger partial charge in [-0.15, -0.1) is 0 Å². The third-order valence-electron chi connectivity index (χ3n) is 5.61. The molecule has 16 heavy (non-hydrogen) atoms. The molecule has 0 aromatic rings. The maximum atomic E-state index is 10.2. The normalized spacial score (nSPS) is 48.2. The van der Waals surface area contributed by atoms with Crippen LogP contribution < -0.4 is 0 Å². The lowest BCUT2D eigenvalue weighted by molar-refractivity contribution is 0.0784. The summed E-state index contributed by atoms with van der Waals surface area (Å²) in [5, 5.41) is 10.2. The minimum absolute atomic E-state index is 0.0293. The Bertz CT molecular complexity index is 238. The number of hydrogen-bond acceptors (Lipinski definition) is 1. The van der Waals surface area contributed by atoms with Crippen molar-refractivity contribution >= 4 is 0 Å². The van der Waals surface area contributed by atoms with E-state index in [0.717, 1.165) is 24.2 Å². The zero-order valence-electron chi connectivity index (χ0n) is 10.4. The van der Waals surface area contributed by atoms with Gasteiger partial charge in [0, 0.05) is 0 Å². The van der Waals surface area contributed by atoms with Gasteiger partial charge in [0.05, 0.1) is 6.10 Å². The van der Waals surface area contributed by atoms with Gasteiger partial charge in [-0.2, -0.15) is 0 Å². The molecular weight excluding hydrogens is 196 g/mol. The highest BCUT2D eigenvalue weighted by Gasteiger charge is 2.40. The maximum absolute atomic E-state index is 10.2. The third kappa shape index (κ3) is 2.16. The van der Waals surface area contributed by atoms with E-state index in [1.165, 1.54) is 57.8 Å². The molecule has 1 N–H and O–H groups in total. The van der Waals surface area contributed by atoms with E-state index >= 15 is 0 Å². The van der Waals surface area contributed by atoms with Crippen LogP contribution in [0.5, 0.6) is 0 Å². The monoisotopic (exact) mass is 222 g/mol. The number of aliphatic hydroxyl groups is 1. The Kier molecular flexibility index (Phi) is 3.24. The molecule has 0 aliphatic heterocycles. The van der Waals surface area contributed by atoms with Gasteiger partial charge in [-0.25, -0.2) is 0 Å². The number of fused-ring (bicyclic) bond motifs is 2. The predicted molar refractivity (Wildman–Crippen MR) is 66.1 cm³/mol. The van der Waals surface area contributed by atoms with E-state index in [1.54, 1.807) is 0 Å². The molecule has 3 aliphatic rings. The van der Waals surface area contributed by atoms with Gasteiger partial charge in [0.2, 0.25) is 0 Å². The SMILES string of the molecule is OC1CCCCCC1CC1CC2CCC1C2. The fourth-order valence-electron chi connectivity index (χ4n) is 4.69. The van der Waals surface area contributed by atoms with Gasteiger partial charge < -0.3 is 5.11 Å². The van der Waals surface area contributed by atoms with Crippen molar-refractivity contribution in [3.63, 3.8) is 0 Å². The van der Waals surface area contributed by atoms with Crippen molar-refractivity contribution in [3.8, 4) is 0 Å². The second-order valence-electron chi connectivity index (χ2n) is 6.64. The van der Waals surface area contributed by atoms with Gasteiger partial charge in [-0.1, -0.05) is 25.7 Å². The molecule has 0 aromatic carbocycles. The molecular formula is C15H26O. The number of hydrogen-bond donors (Lipinski definition) is 1. The molecule has 3 saturated carbocycles. The summed E-state index contributed by atoms with van der Waals surface area (Å²) in [7, 11) is 0. The van der Waals surface area contributed by atoms with E-state index in [0.29, 0.717) is 5.92 Å². The van der Waals surface area contributed by atoms with Crippen LogP contribution in [0.15, 0.2) is 0 Å². The van der Waals surface area contributed by atoms with Crippen molar-refractivity contribution in [1.29, 1.82) is 0 Å². The molecule has 1 heteroatoms. The molecule has 0 saturated heterocycles. The van der Waals surface area contributed by atoms with Crippen molar-refractivity contribution in [2.75, 3.05) is 0 Å². The van der Waals surface area contributed by atoms with Crippen molar-refractivity contribution in [2.24, 2.45) is 23.7 Å². The quantitative estimate of drug-likeness (QED) is 0.705. The molecule has 3 fully saturated rings. The Labute approximate surface area is 99.6 Å². The van der Waals surface area contributed by atoms with Crippen LogP contribution in [0.25, 0.3) is 0 Å². The summed E-state index contributed by atoms with van der Waals surface area (Å²) in [5.41, 5.74) is 0. The minimum Gasteiger partial charge on any atom is -0.393 e. The van der Waals surface area contributed by atoms with Gasteiger partial charge in [0.1, 0.15) is 0 Å². The van der Waals surface area contributed by atoms with Crippen molar-refractivity contribution in [2.45, 2.75) is 70.3 Å². The number of aliphatic hydroxyl groups excluding tert-OH is 1. The fourth-order valence-corrected chi connectivity index (χ4v) is 4.69. The van der Waals surface area contributed by atoms with Gasteiger partial charge in [-0.3, -0.25) is 0 Å². The molecule has 3 aliphatic carbocycles. The summed E-state index contributed by atoms with van der Waals surface area (Å²) >= 11 is 0. The smallest absolute Gasteiger partial charge is 0.0568 e. The van der Waals surface area contributed by atoms with Crippen molar-refractivity contribution in [3.05, 3.63) is 0 Å². The highest BCUT2D eigenvalue weighted by molar-refractivity contribution is 4.91. The first kappa shape index (κ1) is 11.1. The molecule has 0 aromatic heterocycles. The van der Waals surface area contributed by atoms with E-state index < -0.39 is 0 Å². The molecule has 0 heterocycles. The first-order valence-electron chi connectivity index (χ1n) is 7.51. The largest absolute Gasteiger partial charge is 0.393 e. The zero-order valence-corrected chi connectivity index (χ0v) is 10.4. The van der Waals surface area contributed by atoms with E-state index in [2.05, 4.69) is 0 Å². The molecule has 2 bridgehead atoms. The highest BCUT2D eigenvalue weighted by atomic mass is 16.3. The van der Waals surface area contributed by atoms with Gasteiger partial charge in [0.15, 0.2) is 0 Å². The zero-order chi connectivity index (χ0) is 11.0. The van der Waals surface area contributed by atoms with Crippen LogP contribution in [-0.4, -0.2) is 11.2 Å². The number of rotatable bonds is 2. The molecule has 3 rings (SSSR count).